The largest absolute Gasteiger partial charge is 0.494 e. The quantitative estimate of drug-likeness (QED) is 0.549. The van der Waals surface area contributed by atoms with E-state index in [-0.39, 0.29) is 41.9 Å². The van der Waals surface area contributed by atoms with Gasteiger partial charge in [0.25, 0.3) is 6.47 Å². The SMILES string of the molecule is O=C1NCCN(C(=O)C2CCC2)CCCOc2cccc(c2)[C@H]2CN(C(=O)CCc3cnccn3)C[C@H]12.O=CO. The summed E-state index contributed by atoms with van der Waals surface area (Å²) in [6.45, 7) is 2.63. The number of hydrogen-bond acceptors (Lipinski definition) is 7. The Labute approximate surface area is 233 Å². The first-order valence-corrected chi connectivity index (χ1v) is 13.9. The molecule has 2 bridgehead atoms. The van der Waals surface area contributed by atoms with Crippen LogP contribution in [0.5, 0.6) is 5.75 Å². The van der Waals surface area contributed by atoms with Crippen molar-refractivity contribution in [3.63, 3.8) is 0 Å². The fourth-order valence-electron chi connectivity index (χ4n) is 5.43. The molecule has 2 aromatic rings. The predicted octanol–water partition coefficient (Wildman–Crippen LogP) is 1.88. The summed E-state index contributed by atoms with van der Waals surface area (Å²) < 4.78 is 6.03. The van der Waals surface area contributed by atoms with Gasteiger partial charge in [-0.15, -0.1) is 0 Å². The lowest BCUT2D eigenvalue weighted by atomic mass is 9.84. The van der Waals surface area contributed by atoms with E-state index in [9.17, 15) is 14.4 Å². The van der Waals surface area contributed by atoms with Crippen LogP contribution in [0.25, 0.3) is 0 Å². The summed E-state index contributed by atoms with van der Waals surface area (Å²) in [6, 6.07) is 7.86. The van der Waals surface area contributed by atoms with Crippen LogP contribution in [0, 0.1) is 11.8 Å². The van der Waals surface area contributed by atoms with Crippen molar-refractivity contribution in [3.8, 4) is 5.75 Å². The molecule has 1 aromatic carbocycles. The lowest BCUT2D eigenvalue weighted by Gasteiger charge is -2.32. The van der Waals surface area contributed by atoms with Crippen LogP contribution in [-0.4, -0.2) is 88.4 Å². The van der Waals surface area contributed by atoms with E-state index in [0.717, 1.165) is 42.7 Å². The maximum atomic E-state index is 13.4. The zero-order valence-corrected chi connectivity index (χ0v) is 22.6. The molecule has 1 aromatic heterocycles. The smallest absolute Gasteiger partial charge is 0.290 e. The van der Waals surface area contributed by atoms with E-state index in [2.05, 4.69) is 15.3 Å². The molecule has 1 saturated heterocycles. The molecule has 0 unspecified atom stereocenters. The van der Waals surface area contributed by atoms with Crippen molar-refractivity contribution in [2.75, 3.05) is 39.3 Å². The van der Waals surface area contributed by atoms with Crippen LogP contribution in [0.4, 0.5) is 0 Å². The number of aromatic nitrogens is 2. The molecule has 11 heteroatoms. The molecule has 2 fully saturated rings. The van der Waals surface area contributed by atoms with Crippen LogP contribution < -0.4 is 10.1 Å². The Morgan fingerprint density at radius 2 is 1.90 bits per heavy atom. The van der Waals surface area contributed by atoms with E-state index < -0.39 is 0 Å². The molecule has 3 amide bonds. The minimum Gasteiger partial charge on any atom is -0.494 e. The Kier molecular flexibility index (Phi) is 10.4. The van der Waals surface area contributed by atoms with E-state index in [1.807, 2.05) is 29.2 Å². The van der Waals surface area contributed by atoms with Gasteiger partial charge in [-0.2, -0.15) is 0 Å². The van der Waals surface area contributed by atoms with Crippen molar-refractivity contribution in [3.05, 3.63) is 54.1 Å². The second kappa shape index (κ2) is 14.4. The topological polar surface area (TPSA) is 142 Å². The summed E-state index contributed by atoms with van der Waals surface area (Å²) in [6.07, 6.45) is 9.49. The first-order valence-electron chi connectivity index (χ1n) is 13.9. The van der Waals surface area contributed by atoms with Crippen molar-refractivity contribution in [2.45, 2.75) is 44.4 Å². The highest BCUT2D eigenvalue weighted by Crippen LogP contribution is 2.35. The molecule has 0 spiro atoms. The van der Waals surface area contributed by atoms with Gasteiger partial charge >= 0.3 is 0 Å². The lowest BCUT2D eigenvalue weighted by Crippen LogP contribution is -2.45. The zero-order chi connectivity index (χ0) is 28.3. The second-order valence-corrected chi connectivity index (χ2v) is 10.3. The number of carbonyl (C=O) groups is 4. The molecular weight excluding hydrogens is 514 g/mol. The summed E-state index contributed by atoms with van der Waals surface area (Å²) in [5.74, 6) is 0.496. The third-order valence-electron chi connectivity index (χ3n) is 7.80. The number of rotatable bonds is 4. The highest BCUT2D eigenvalue weighted by molar-refractivity contribution is 5.84. The average Bonchev–Trinajstić information content (AvgIpc) is 3.39. The number of hydrogen-bond donors (Lipinski definition) is 2. The minimum atomic E-state index is -0.366. The summed E-state index contributed by atoms with van der Waals surface area (Å²) in [5.41, 5.74) is 1.78. The Morgan fingerprint density at radius 1 is 1.10 bits per heavy atom. The first-order chi connectivity index (χ1) is 19.5. The standard InChI is InChI=1S/C28H35N5O4.CH2O2/c34-26(9-8-22-17-29-10-11-30-22)33-18-24-21-6-2-7-23(16-21)37-15-3-13-32(28(36)20-4-1-5-20)14-12-31-27(35)25(24)19-33;2-1-3/h2,6-7,10-11,16-17,20,24-25H,1,3-5,8-9,12-15,18-19H2,(H,31,35);1H,(H,2,3)/t24-,25+;/m1./s1. The lowest BCUT2D eigenvalue weighted by molar-refractivity contribution is -0.138. The highest BCUT2D eigenvalue weighted by Gasteiger charge is 2.40. The molecule has 5 rings (SSSR count). The monoisotopic (exact) mass is 551 g/mol. The number of likely N-dealkylation sites (tertiary alicyclic amines) is 1. The molecule has 3 aliphatic rings. The molecule has 2 atom stereocenters. The molecule has 1 aliphatic carbocycles. The van der Waals surface area contributed by atoms with E-state index in [4.69, 9.17) is 14.6 Å². The van der Waals surface area contributed by atoms with E-state index in [1.54, 1.807) is 23.5 Å². The van der Waals surface area contributed by atoms with Gasteiger partial charge in [-0.05, 0) is 43.4 Å². The number of amides is 3. The van der Waals surface area contributed by atoms with Crippen molar-refractivity contribution in [1.82, 2.24) is 25.1 Å². The number of carbonyl (C=O) groups excluding carboxylic acids is 3. The number of fused-ring (bicyclic) bond motifs is 4. The Bertz CT molecular complexity index is 1160. The number of carboxylic acid groups (broad SMARTS) is 1. The van der Waals surface area contributed by atoms with E-state index >= 15 is 0 Å². The van der Waals surface area contributed by atoms with Crippen LogP contribution >= 0.6 is 0 Å². The molecule has 40 heavy (non-hydrogen) atoms. The molecule has 214 valence electrons. The molecule has 0 radical (unpaired) electrons. The Balaban J connectivity index is 0.00000118. The fraction of sp³-hybridized carbons (Fsp3) is 0.517. The zero-order valence-electron chi connectivity index (χ0n) is 22.6. The first kappa shape index (κ1) is 29.0. The molecule has 1 saturated carbocycles. The van der Waals surface area contributed by atoms with Gasteiger partial charge in [0.05, 0.1) is 18.2 Å². The fourth-order valence-corrected chi connectivity index (χ4v) is 5.43. The van der Waals surface area contributed by atoms with Crippen LogP contribution in [0.1, 0.15) is 49.3 Å². The second-order valence-electron chi connectivity index (χ2n) is 10.3. The molecule has 11 nitrogen and oxygen atoms in total. The van der Waals surface area contributed by atoms with Gasteiger partial charge in [0.15, 0.2) is 0 Å². The van der Waals surface area contributed by atoms with Gasteiger partial charge in [0, 0.05) is 69.6 Å². The van der Waals surface area contributed by atoms with Gasteiger partial charge in [0.2, 0.25) is 17.7 Å². The van der Waals surface area contributed by atoms with Gasteiger partial charge in [-0.1, -0.05) is 18.6 Å². The minimum absolute atomic E-state index is 0.00791. The molecular formula is C29H37N5O6. The van der Waals surface area contributed by atoms with Gasteiger partial charge in [-0.25, -0.2) is 0 Å². The summed E-state index contributed by atoms with van der Waals surface area (Å²) in [4.78, 5) is 59.8. The predicted molar refractivity (Wildman–Crippen MR) is 145 cm³/mol. The van der Waals surface area contributed by atoms with Crippen molar-refractivity contribution in [2.24, 2.45) is 11.8 Å². The van der Waals surface area contributed by atoms with E-state index in [0.29, 0.717) is 52.2 Å². The number of ether oxygens (including phenoxy) is 1. The third-order valence-corrected chi connectivity index (χ3v) is 7.80. The highest BCUT2D eigenvalue weighted by atomic mass is 16.5. The van der Waals surface area contributed by atoms with Crippen molar-refractivity contribution < 1.29 is 29.0 Å². The van der Waals surface area contributed by atoms with Crippen molar-refractivity contribution in [1.29, 1.82) is 0 Å². The molecule has 2 N–H and O–H groups in total. The van der Waals surface area contributed by atoms with Crippen molar-refractivity contribution >= 4 is 24.2 Å². The third kappa shape index (κ3) is 7.55. The number of benzene rings is 1. The van der Waals surface area contributed by atoms with Crippen LogP contribution in [0.15, 0.2) is 42.9 Å². The Hall–Kier alpha value is -4.02. The summed E-state index contributed by atoms with van der Waals surface area (Å²) in [5, 5.41) is 9.96. The molecule has 3 heterocycles. The number of aryl methyl sites for hydroxylation is 1. The van der Waals surface area contributed by atoms with Crippen LogP contribution in [0.2, 0.25) is 0 Å². The Morgan fingerprint density at radius 3 is 2.62 bits per heavy atom. The molecule has 2 aliphatic heterocycles. The average molecular weight is 552 g/mol. The maximum Gasteiger partial charge on any atom is 0.290 e. The van der Waals surface area contributed by atoms with Gasteiger partial charge in [0.1, 0.15) is 5.75 Å². The summed E-state index contributed by atoms with van der Waals surface area (Å²) in [7, 11) is 0. The summed E-state index contributed by atoms with van der Waals surface area (Å²) >= 11 is 0. The van der Waals surface area contributed by atoms with Crippen LogP contribution in [0.3, 0.4) is 0 Å². The van der Waals surface area contributed by atoms with E-state index in [1.165, 1.54) is 0 Å². The van der Waals surface area contributed by atoms with Gasteiger partial charge < -0.3 is 25.0 Å². The normalized spacial score (nSPS) is 21.4. The number of nitrogens with zero attached hydrogens (tertiary/aromatic N) is 4. The number of nitrogens with one attached hydrogen (secondary N) is 1. The van der Waals surface area contributed by atoms with Crippen LogP contribution in [-0.2, 0) is 25.6 Å². The van der Waals surface area contributed by atoms with Gasteiger partial charge in [-0.3, -0.25) is 29.1 Å². The maximum absolute atomic E-state index is 13.4.